The topological polar surface area (TPSA) is 74.2 Å². The van der Waals surface area contributed by atoms with Crippen LogP contribution in [-0.2, 0) is 4.74 Å². The number of rotatable bonds is 3. The SMILES string of the molecule is CC[C@@H](OC)c1nc(N)no1. The third kappa shape index (κ3) is 1.68. The number of ether oxygens (including phenoxy) is 1. The molecule has 2 N–H and O–H groups in total. The molecule has 1 aromatic heterocycles. The minimum atomic E-state index is -0.139. The highest BCUT2D eigenvalue weighted by molar-refractivity contribution is 5.11. The molecule has 0 amide bonds. The molecule has 0 fully saturated rings. The molecule has 11 heavy (non-hydrogen) atoms. The van der Waals surface area contributed by atoms with E-state index in [4.69, 9.17) is 15.0 Å². The lowest BCUT2D eigenvalue weighted by atomic mass is 10.3. The first kappa shape index (κ1) is 8.00. The van der Waals surface area contributed by atoms with Crippen LogP contribution in [0.1, 0.15) is 25.3 Å². The van der Waals surface area contributed by atoms with E-state index in [0.29, 0.717) is 5.89 Å². The summed E-state index contributed by atoms with van der Waals surface area (Å²) >= 11 is 0. The molecule has 1 heterocycles. The van der Waals surface area contributed by atoms with E-state index < -0.39 is 0 Å². The standard InChI is InChI=1S/C6H11N3O2/c1-3-4(10-2)5-8-6(7)9-11-5/h4H,3H2,1-2H3,(H2,7,9)/t4-/m1/s1. The van der Waals surface area contributed by atoms with Gasteiger partial charge in [0.15, 0.2) is 0 Å². The maximum Gasteiger partial charge on any atom is 0.260 e. The molecule has 1 atom stereocenters. The first-order valence-corrected chi connectivity index (χ1v) is 3.39. The lowest BCUT2D eigenvalue weighted by Gasteiger charge is -2.05. The fraction of sp³-hybridized carbons (Fsp3) is 0.667. The molecule has 0 aliphatic heterocycles. The third-order valence-electron chi connectivity index (χ3n) is 1.39. The molecule has 5 heteroatoms. The third-order valence-corrected chi connectivity index (χ3v) is 1.39. The number of nitrogen functional groups attached to an aromatic ring is 1. The monoisotopic (exact) mass is 157 g/mol. The van der Waals surface area contributed by atoms with Gasteiger partial charge in [0, 0.05) is 7.11 Å². The molecule has 0 unspecified atom stereocenters. The predicted molar refractivity (Wildman–Crippen MR) is 38.8 cm³/mol. The van der Waals surface area contributed by atoms with Crippen molar-refractivity contribution in [1.29, 1.82) is 0 Å². The summed E-state index contributed by atoms with van der Waals surface area (Å²) in [6.45, 7) is 1.97. The second-order valence-corrected chi connectivity index (χ2v) is 2.12. The minimum absolute atomic E-state index is 0.139. The number of nitrogens with two attached hydrogens (primary N) is 1. The summed E-state index contributed by atoms with van der Waals surface area (Å²) in [5.74, 6) is 0.586. The normalized spacial score (nSPS) is 13.3. The van der Waals surface area contributed by atoms with E-state index in [2.05, 4.69) is 10.1 Å². The van der Waals surface area contributed by atoms with Crippen molar-refractivity contribution in [2.24, 2.45) is 0 Å². The van der Waals surface area contributed by atoms with Crippen molar-refractivity contribution in [3.8, 4) is 0 Å². The van der Waals surface area contributed by atoms with Gasteiger partial charge in [-0.15, -0.1) is 0 Å². The van der Waals surface area contributed by atoms with Gasteiger partial charge in [-0.05, 0) is 11.6 Å². The van der Waals surface area contributed by atoms with Crippen molar-refractivity contribution >= 4 is 5.95 Å². The zero-order valence-electron chi connectivity index (χ0n) is 6.57. The van der Waals surface area contributed by atoms with Crippen molar-refractivity contribution in [3.63, 3.8) is 0 Å². The molecule has 0 bridgehead atoms. The average molecular weight is 157 g/mol. The van der Waals surface area contributed by atoms with Crippen molar-refractivity contribution in [1.82, 2.24) is 10.1 Å². The summed E-state index contributed by atoms with van der Waals surface area (Å²) in [4.78, 5) is 3.83. The molecule has 1 aromatic rings. The average Bonchev–Trinajstić information content (AvgIpc) is 2.39. The van der Waals surface area contributed by atoms with Gasteiger partial charge >= 0.3 is 0 Å². The van der Waals surface area contributed by atoms with Gasteiger partial charge in [-0.1, -0.05) is 6.92 Å². The second kappa shape index (κ2) is 3.34. The quantitative estimate of drug-likeness (QED) is 0.700. The largest absolute Gasteiger partial charge is 0.372 e. The number of hydrogen-bond acceptors (Lipinski definition) is 5. The van der Waals surface area contributed by atoms with E-state index in [9.17, 15) is 0 Å². The van der Waals surface area contributed by atoms with Gasteiger partial charge < -0.3 is 15.0 Å². The molecule has 5 nitrogen and oxygen atoms in total. The van der Waals surface area contributed by atoms with Gasteiger partial charge in [0.1, 0.15) is 6.10 Å². The number of aromatic nitrogens is 2. The smallest absolute Gasteiger partial charge is 0.260 e. The zero-order chi connectivity index (χ0) is 8.27. The maximum absolute atomic E-state index is 5.25. The summed E-state index contributed by atoms with van der Waals surface area (Å²) in [6.07, 6.45) is 0.651. The Kier molecular flexibility index (Phi) is 2.43. The summed E-state index contributed by atoms with van der Waals surface area (Å²) in [5, 5.41) is 3.45. The van der Waals surface area contributed by atoms with Crippen LogP contribution in [0.25, 0.3) is 0 Å². The number of methoxy groups -OCH3 is 1. The number of anilines is 1. The molecule has 0 spiro atoms. The maximum atomic E-state index is 5.25. The molecule has 1 rings (SSSR count). The Hall–Kier alpha value is -1.10. The highest BCUT2D eigenvalue weighted by Gasteiger charge is 2.14. The minimum Gasteiger partial charge on any atom is -0.372 e. The van der Waals surface area contributed by atoms with Crippen LogP contribution in [0, 0.1) is 0 Å². The van der Waals surface area contributed by atoms with Crippen molar-refractivity contribution in [2.45, 2.75) is 19.4 Å². The zero-order valence-corrected chi connectivity index (χ0v) is 6.57. The Morgan fingerprint density at radius 1 is 1.73 bits per heavy atom. The lowest BCUT2D eigenvalue weighted by Crippen LogP contribution is -2.00. The first-order valence-electron chi connectivity index (χ1n) is 3.39. The van der Waals surface area contributed by atoms with Gasteiger partial charge in [0.2, 0.25) is 0 Å². The van der Waals surface area contributed by atoms with E-state index in [1.54, 1.807) is 7.11 Å². The fourth-order valence-corrected chi connectivity index (χ4v) is 0.820. The van der Waals surface area contributed by atoms with E-state index >= 15 is 0 Å². The van der Waals surface area contributed by atoms with E-state index in [1.165, 1.54) is 0 Å². The summed E-state index contributed by atoms with van der Waals surface area (Å²) < 4.78 is 9.84. The van der Waals surface area contributed by atoms with Crippen molar-refractivity contribution in [3.05, 3.63) is 5.89 Å². The van der Waals surface area contributed by atoms with E-state index in [1.807, 2.05) is 6.92 Å². The Balaban J connectivity index is 2.73. The van der Waals surface area contributed by atoms with Crippen LogP contribution in [-0.4, -0.2) is 17.3 Å². The van der Waals surface area contributed by atoms with Gasteiger partial charge in [-0.25, -0.2) is 0 Å². The van der Waals surface area contributed by atoms with Crippen LogP contribution >= 0.6 is 0 Å². The van der Waals surface area contributed by atoms with Crippen LogP contribution in [0.4, 0.5) is 5.95 Å². The van der Waals surface area contributed by atoms with E-state index in [0.717, 1.165) is 6.42 Å². The van der Waals surface area contributed by atoms with Gasteiger partial charge in [-0.2, -0.15) is 4.98 Å². The fourth-order valence-electron chi connectivity index (χ4n) is 0.820. The molecule has 0 aliphatic rings. The Morgan fingerprint density at radius 2 is 2.45 bits per heavy atom. The molecule has 0 saturated carbocycles. The van der Waals surface area contributed by atoms with Crippen LogP contribution in [0.5, 0.6) is 0 Å². The summed E-state index contributed by atoms with van der Waals surface area (Å²) in [5.41, 5.74) is 5.25. The van der Waals surface area contributed by atoms with Crippen LogP contribution in [0.15, 0.2) is 4.52 Å². The Morgan fingerprint density at radius 3 is 2.82 bits per heavy atom. The molecule has 0 aromatic carbocycles. The molecule has 0 saturated heterocycles. The van der Waals surface area contributed by atoms with Crippen LogP contribution in [0.2, 0.25) is 0 Å². The number of hydrogen-bond donors (Lipinski definition) is 1. The molecule has 0 aliphatic carbocycles. The predicted octanol–water partition coefficient (Wildman–Crippen LogP) is 0.749. The van der Waals surface area contributed by atoms with Gasteiger partial charge in [0.25, 0.3) is 11.8 Å². The Labute approximate surface area is 64.5 Å². The molecule has 62 valence electrons. The number of nitrogens with zero attached hydrogens (tertiary/aromatic N) is 2. The lowest BCUT2D eigenvalue weighted by molar-refractivity contribution is 0.0706. The van der Waals surface area contributed by atoms with E-state index in [-0.39, 0.29) is 12.1 Å². The molecular formula is C6H11N3O2. The second-order valence-electron chi connectivity index (χ2n) is 2.12. The van der Waals surface area contributed by atoms with Crippen molar-refractivity contribution in [2.75, 3.05) is 12.8 Å². The summed E-state index contributed by atoms with van der Waals surface area (Å²) in [7, 11) is 1.59. The van der Waals surface area contributed by atoms with Gasteiger partial charge in [-0.3, -0.25) is 0 Å². The summed E-state index contributed by atoms with van der Waals surface area (Å²) in [6, 6.07) is 0. The van der Waals surface area contributed by atoms with Crippen LogP contribution in [0.3, 0.4) is 0 Å². The highest BCUT2D eigenvalue weighted by atomic mass is 16.5. The van der Waals surface area contributed by atoms with Crippen LogP contribution < -0.4 is 5.73 Å². The first-order chi connectivity index (χ1) is 5.27. The Bertz CT molecular complexity index is 219. The molecular weight excluding hydrogens is 146 g/mol. The van der Waals surface area contributed by atoms with Gasteiger partial charge in [0.05, 0.1) is 0 Å². The highest BCUT2D eigenvalue weighted by Crippen LogP contribution is 2.17. The molecule has 0 radical (unpaired) electrons. The van der Waals surface area contributed by atoms with Crippen molar-refractivity contribution < 1.29 is 9.26 Å².